The lowest BCUT2D eigenvalue weighted by atomic mass is 10.3. The number of aromatic carboxylic acids is 2. The molecule has 2 radical (unpaired) electrons. The second-order valence-electron chi connectivity index (χ2n) is 3.09. The summed E-state index contributed by atoms with van der Waals surface area (Å²) in [5.41, 5.74) is 0.440. The molecular formula is C12H10MgN2O4. The van der Waals surface area contributed by atoms with Gasteiger partial charge in [0.1, 0.15) is 0 Å². The van der Waals surface area contributed by atoms with E-state index < -0.39 is 11.9 Å². The smallest absolute Gasteiger partial charge is 0.337 e. The lowest BCUT2D eigenvalue weighted by molar-refractivity contribution is 0.0685. The summed E-state index contributed by atoms with van der Waals surface area (Å²) in [5, 5.41) is 16.7. The van der Waals surface area contributed by atoms with Crippen LogP contribution in [0.3, 0.4) is 0 Å². The molecule has 0 aliphatic heterocycles. The van der Waals surface area contributed by atoms with Crippen LogP contribution in [0.1, 0.15) is 20.7 Å². The van der Waals surface area contributed by atoms with Crippen molar-refractivity contribution in [2.75, 3.05) is 0 Å². The minimum atomic E-state index is -0.942. The van der Waals surface area contributed by atoms with Crippen molar-refractivity contribution in [3.8, 4) is 0 Å². The van der Waals surface area contributed by atoms with E-state index in [1.54, 1.807) is 12.1 Å². The third-order valence-corrected chi connectivity index (χ3v) is 1.82. The highest BCUT2D eigenvalue weighted by molar-refractivity contribution is 5.87. The highest BCUT2D eigenvalue weighted by Crippen LogP contribution is 1.93. The normalized spacial score (nSPS) is 8.42. The van der Waals surface area contributed by atoms with E-state index in [-0.39, 0.29) is 34.2 Å². The largest absolute Gasteiger partial charge is 0.478 e. The van der Waals surface area contributed by atoms with Crippen molar-refractivity contribution in [2.45, 2.75) is 0 Å². The Hall–Kier alpha value is -1.99. The Bertz CT molecular complexity index is 470. The molecule has 2 aromatic rings. The Balaban J connectivity index is 0.000000324. The van der Waals surface area contributed by atoms with Crippen LogP contribution >= 0.6 is 0 Å². The summed E-state index contributed by atoms with van der Waals surface area (Å²) in [6, 6.07) is 6.16. The van der Waals surface area contributed by atoms with E-state index in [4.69, 9.17) is 10.2 Å². The van der Waals surface area contributed by atoms with Gasteiger partial charge >= 0.3 is 11.9 Å². The van der Waals surface area contributed by atoms with E-state index >= 15 is 0 Å². The van der Waals surface area contributed by atoms with Crippen LogP contribution in [0.15, 0.2) is 49.1 Å². The summed E-state index contributed by atoms with van der Waals surface area (Å²) in [6.45, 7) is 0. The number of carbonyl (C=O) groups is 2. The van der Waals surface area contributed by atoms with Crippen molar-refractivity contribution in [2.24, 2.45) is 0 Å². The van der Waals surface area contributed by atoms with E-state index in [0.29, 0.717) is 0 Å². The zero-order valence-corrected chi connectivity index (χ0v) is 11.3. The highest BCUT2D eigenvalue weighted by Gasteiger charge is 1.98. The van der Waals surface area contributed by atoms with Crippen LogP contribution in [0.25, 0.3) is 0 Å². The Morgan fingerprint density at radius 2 is 1.21 bits per heavy atom. The first-order chi connectivity index (χ1) is 8.61. The molecule has 2 N–H and O–H groups in total. The van der Waals surface area contributed by atoms with Gasteiger partial charge in [0, 0.05) is 47.8 Å². The van der Waals surface area contributed by atoms with Crippen molar-refractivity contribution in [3.63, 3.8) is 0 Å². The molecule has 0 amide bonds. The van der Waals surface area contributed by atoms with Gasteiger partial charge in [-0.05, 0) is 24.3 Å². The number of carboxylic acids is 2. The predicted octanol–water partition coefficient (Wildman–Crippen LogP) is 1.18. The molecule has 0 aliphatic rings. The monoisotopic (exact) mass is 270 g/mol. The lowest BCUT2D eigenvalue weighted by Crippen LogP contribution is -1.94. The van der Waals surface area contributed by atoms with E-state index in [9.17, 15) is 9.59 Å². The Kier molecular flexibility index (Phi) is 8.06. The molecule has 0 atom stereocenters. The maximum atomic E-state index is 10.2. The van der Waals surface area contributed by atoms with E-state index in [0.717, 1.165) is 0 Å². The first-order valence-electron chi connectivity index (χ1n) is 4.88. The van der Waals surface area contributed by atoms with Crippen LogP contribution in [-0.2, 0) is 0 Å². The van der Waals surface area contributed by atoms with Gasteiger partial charge in [0.05, 0.1) is 11.1 Å². The van der Waals surface area contributed by atoms with E-state index in [1.165, 1.54) is 36.9 Å². The van der Waals surface area contributed by atoms with Crippen molar-refractivity contribution in [1.82, 2.24) is 9.97 Å². The van der Waals surface area contributed by atoms with Gasteiger partial charge < -0.3 is 10.2 Å². The topological polar surface area (TPSA) is 100 Å². The molecule has 0 bridgehead atoms. The van der Waals surface area contributed by atoms with Crippen molar-refractivity contribution in [3.05, 3.63) is 60.2 Å². The lowest BCUT2D eigenvalue weighted by Gasteiger charge is -1.87. The standard InChI is InChI=1S/2C6H5NO2.Mg/c2*8-6(9)5-2-1-3-7-4-5;/h2*1-4H,(H,8,9);. The molecule has 2 rings (SSSR count). The van der Waals surface area contributed by atoms with E-state index in [2.05, 4.69) is 9.97 Å². The number of aromatic nitrogens is 2. The molecule has 0 spiro atoms. The third kappa shape index (κ3) is 6.48. The average molecular weight is 271 g/mol. The molecule has 94 valence electrons. The fraction of sp³-hybridized carbons (Fsp3) is 0. The van der Waals surface area contributed by atoms with Gasteiger partial charge in [-0.15, -0.1) is 0 Å². The third-order valence-electron chi connectivity index (χ3n) is 1.82. The van der Waals surface area contributed by atoms with Gasteiger partial charge in [-0.3, -0.25) is 9.97 Å². The van der Waals surface area contributed by atoms with Gasteiger partial charge in [0.15, 0.2) is 0 Å². The fourth-order valence-electron chi connectivity index (χ4n) is 0.979. The molecule has 0 aliphatic carbocycles. The van der Waals surface area contributed by atoms with Gasteiger partial charge in [0.2, 0.25) is 0 Å². The molecule has 6 nitrogen and oxygen atoms in total. The summed E-state index contributed by atoms with van der Waals surface area (Å²) in [5.74, 6) is -1.88. The fourth-order valence-corrected chi connectivity index (χ4v) is 0.979. The maximum absolute atomic E-state index is 10.2. The molecule has 2 aromatic heterocycles. The molecule has 2 heterocycles. The summed E-state index contributed by atoms with van der Waals surface area (Å²) in [6.07, 6.45) is 5.68. The minimum Gasteiger partial charge on any atom is -0.478 e. The molecule has 7 heteroatoms. The van der Waals surface area contributed by atoms with Crippen LogP contribution in [-0.4, -0.2) is 55.2 Å². The second-order valence-corrected chi connectivity index (χ2v) is 3.09. The Labute approximate surface area is 125 Å². The molecule has 0 saturated heterocycles. The van der Waals surface area contributed by atoms with E-state index in [1.807, 2.05) is 0 Å². The zero-order chi connectivity index (χ0) is 13.4. The Morgan fingerprint density at radius 3 is 1.37 bits per heavy atom. The first-order valence-corrected chi connectivity index (χ1v) is 4.88. The molecular weight excluding hydrogens is 260 g/mol. The van der Waals surface area contributed by atoms with Gasteiger partial charge in [0.25, 0.3) is 0 Å². The summed E-state index contributed by atoms with van der Waals surface area (Å²) in [4.78, 5) is 27.6. The minimum absolute atomic E-state index is 0. The molecule has 0 aromatic carbocycles. The maximum Gasteiger partial charge on any atom is 0.337 e. The van der Waals surface area contributed by atoms with Crippen molar-refractivity contribution in [1.29, 1.82) is 0 Å². The summed E-state index contributed by atoms with van der Waals surface area (Å²) in [7, 11) is 0. The second kappa shape index (κ2) is 9.01. The van der Waals surface area contributed by atoms with Crippen LogP contribution in [0, 0.1) is 0 Å². The highest BCUT2D eigenvalue weighted by atomic mass is 24.3. The quantitative estimate of drug-likeness (QED) is 0.795. The number of hydrogen-bond donors (Lipinski definition) is 2. The SMILES string of the molecule is O=C(O)c1cccnc1.O=C(O)c1cccnc1.[Mg]. The number of nitrogens with zero attached hydrogens (tertiary/aromatic N) is 2. The number of pyridine rings is 2. The average Bonchev–Trinajstić information content (AvgIpc) is 2.41. The van der Waals surface area contributed by atoms with Crippen LogP contribution < -0.4 is 0 Å². The van der Waals surface area contributed by atoms with Crippen molar-refractivity contribution < 1.29 is 19.8 Å². The van der Waals surface area contributed by atoms with Gasteiger partial charge in [-0.2, -0.15) is 0 Å². The van der Waals surface area contributed by atoms with Crippen LogP contribution in [0.2, 0.25) is 0 Å². The zero-order valence-electron chi connectivity index (χ0n) is 9.93. The van der Waals surface area contributed by atoms with Crippen molar-refractivity contribution >= 4 is 35.0 Å². The molecule has 0 fully saturated rings. The van der Waals surface area contributed by atoms with Gasteiger partial charge in [-0.25, -0.2) is 9.59 Å². The van der Waals surface area contributed by atoms with Crippen LogP contribution in [0.4, 0.5) is 0 Å². The number of carboxylic acid groups (broad SMARTS) is 2. The molecule has 0 saturated carbocycles. The predicted molar refractivity (Wildman–Crippen MR) is 68.1 cm³/mol. The number of hydrogen-bond acceptors (Lipinski definition) is 4. The Morgan fingerprint density at radius 1 is 0.842 bits per heavy atom. The molecule has 0 unspecified atom stereocenters. The number of rotatable bonds is 2. The summed E-state index contributed by atoms with van der Waals surface area (Å²) >= 11 is 0. The summed E-state index contributed by atoms with van der Waals surface area (Å²) < 4.78 is 0. The first kappa shape index (κ1) is 17.0. The van der Waals surface area contributed by atoms with Crippen LogP contribution in [0.5, 0.6) is 0 Å². The molecule has 19 heavy (non-hydrogen) atoms. The van der Waals surface area contributed by atoms with Gasteiger partial charge in [-0.1, -0.05) is 0 Å².